The van der Waals surface area contributed by atoms with E-state index >= 15 is 0 Å². The van der Waals surface area contributed by atoms with Crippen LogP contribution in [0.5, 0.6) is 0 Å². The maximum atomic E-state index is 12.2. The SMILES string of the molecule is CC(CCCCc1ccc(NC(=O)CC(=O)c2ccccc2)cc1)COC(=O)CC(=O)c1ccccc1. The van der Waals surface area contributed by atoms with E-state index in [4.69, 9.17) is 4.74 Å². The third-order valence-corrected chi connectivity index (χ3v) is 6.00. The molecule has 6 nitrogen and oxygen atoms in total. The summed E-state index contributed by atoms with van der Waals surface area (Å²) in [6.45, 7) is 2.34. The summed E-state index contributed by atoms with van der Waals surface area (Å²) in [6.07, 6.45) is 3.37. The number of carbonyl (C=O) groups is 4. The van der Waals surface area contributed by atoms with Gasteiger partial charge in [0.15, 0.2) is 11.6 Å². The number of esters is 1. The molecular weight excluding hydrogens is 466 g/mol. The Labute approximate surface area is 218 Å². The highest BCUT2D eigenvalue weighted by atomic mass is 16.5. The Hall–Kier alpha value is -4.06. The van der Waals surface area contributed by atoms with Crippen LogP contribution in [0.15, 0.2) is 84.9 Å². The lowest BCUT2D eigenvalue weighted by atomic mass is 10.0. The van der Waals surface area contributed by atoms with Gasteiger partial charge in [-0.25, -0.2) is 0 Å². The van der Waals surface area contributed by atoms with Gasteiger partial charge >= 0.3 is 5.97 Å². The summed E-state index contributed by atoms with van der Waals surface area (Å²) in [7, 11) is 0. The molecule has 37 heavy (non-hydrogen) atoms. The number of nitrogens with one attached hydrogen (secondary N) is 1. The molecule has 0 heterocycles. The van der Waals surface area contributed by atoms with E-state index in [-0.39, 0.29) is 36.2 Å². The smallest absolute Gasteiger partial charge is 0.313 e. The van der Waals surface area contributed by atoms with E-state index in [1.165, 1.54) is 0 Å². The minimum atomic E-state index is -0.489. The van der Waals surface area contributed by atoms with Crippen LogP contribution in [-0.2, 0) is 20.7 Å². The van der Waals surface area contributed by atoms with Gasteiger partial charge in [0, 0.05) is 16.8 Å². The van der Waals surface area contributed by atoms with Gasteiger partial charge in [0.2, 0.25) is 5.91 Å². The lowest BCUT2D eigenvalue weighted by molar-refractivity contribution is -0.143. The second-order valence-corrected chi connectivity index (χ2v) is 9.21. The minimum absolute atomic E-state index is 0.192. The molecule has 0 aliphatic rings. The Morgan fingerprint density at radius 2 is 1.30 bits per heavy atom. The molecule has 0 fully saturated rings. The van der Waals surface area contributed by atoms with Crippen LogP contribution in [-0.4, -0.2) is 30.0 Å². The van der Waals surface area contributed by atoms with Crippen LogP contribution in [0, 0.1) is 5.92 Å². The van der Waals surface area contributed by atoms with Crippen molar-refractivity contribution in [2.24, 2.45) is 5.92 Å². The van der Waals surface area contributed by atoms with Gasteiger partial charge in [-0.05, 0) is 42.9 Å². The van der Waals surface area contributed by atoms with Crippen LogP contribution < -0.4 is 5.32 Å². The Balaban J connectivity index is 1.29. The highest BCUT2D eigenvalue weighted by Gasteiger charge is 2.14. The van der Waals surface area contributed by atoms with Gasteiger partial charge in [0.1, 0.15) is 6.42 Å². The molecule has 3 rings (SSSR count). The predicted molar refractivity (Wildman–Crippen MR) is 144 cm³/mol. The number of anilines is 1. The average Bonchev–Trinajstić information content (AvgIpc) is 2.91. The molecule has 0 aromatic heterocycles. The average molecular weight is 500 g/mol. The van der Waals surface area contributed by atoms with Crippen LogP contribution in [0.3, 0.4) is 0 Å². The molecule has 1 amide bonds. The molecule has 1 atom stereocenters. The van der Waals surface area contributed by atoms with Crippen LogP contribution in [0.1, 0.15) is 65.3 Å². The van der Waals surface area contributed by atoms with Crippen molar-refractivity contribution >= 4 is 29.1 Å². The quantitative estimate of drug-likeness (QED) is 0.126. The fourth-order valence-corrected chi connectivity index (χ4v) is 3.88. The molecule has 0 saturated heterocycles. The number of rotatable bonds is 14. The molecule has 0 aliphatic heterocycles. The summed E-state index contributed by atoms with van der Waals surface area (Å²) in [5.41, 5.74) is 2.87. The molecule has 0 bridgehead atoms. The van der Waals surface area contributed by atoms with Gasteiger partial charge in [0.25, 0.3) is 0 Å². The first kappa shape index (κ1) is 27.5. The number of benzene rings is 3. The zero-order valence-corrected chi connectivity index (χ0v) is 21.2. The van der Waals surface area contributed by atoms with Crippen LogP contribution in [0.25, 0.3) is 0 Å². The van der Waals surface area contributed by atoms with E-state index in [0.29, 0.717) is 23.4 Å². The number of amides is 1. The summed E-state index contributed by atoms with van der Waals surface area (Å²) < 4.78 is 5.29. The van der Waals surface area contributed by atoms with Crippen molar-refractivity contribution in [1.29, 1.82) is 0 Å². The molecule has 192 valence electrons. The highest BCUT2D eigenvalue weighted by Crippen LogP contribution is 2.15. The molecule has 0 spiro atoms. The van der Waals surface area contributed by atoms with E-state index in [0.717, 1.165) is 31.2 Å². The summed E-state index contributed by atoms with van der Waals surface area (Å²) in [6, 6.07) is 25.2. The Morgan fingerprint density at radius 1 is 0.730 bits per heavy atom. The minimum Gasteiger partial charge on any atom is -0.465 e. The number of hydrogen-bond acceptors (Lipinski definition) is 5. The molecule has 1 unspecified atom stereocenters. The van der Waals surface area contributed by atoms with Gasteiger partial charge in [-0.15, -0.1) is 0 Å². The van der Waals surface area contributed by atoms with Crippen molar-refractivity contribution in [1.82, 2.24) is 0 Å². The Bertz CT molecular complexity index is 1170. The van der Waals surface area contributed by atoms with Crippen molar-refractivity contribution in [2.75, 3.05) is 11.9 Å². The summed E-state index contributed by atoms with van der Waals surface area (Å²) in [4.78, 5) is 48.4. The highest BCUT2D eigenvalue weighted by molar-refractivity contribution is 6.11. The number of Topliss-reactive ketones (excluding diaryl/α,β-unsaturated/α-hetero) is 2. The van der Waals surface area contributed by atoms with Crippen molar-refractivity contribution in [3.05, 3.63) is 102 Å². The van der Waals surface area contributed by atoms with Gasteiger partial charge < -0.3 is 10.1 Å². The number of hydrogen-bond donors (Lipinski definition) is 1. The molecule has 0 aliphatic carbocycles. The van der Waals surface area contributed by atoms with Crippen molar-refractivity contribution in [3.63, 3.8) is 0 Å². The second-order valence-electron chi connectivity index (χ2n) is 9.21. The van der Waals surface area contributed by atoms with Crippen molar-refractivity contribution < 1.29 is 23.9 Å². The number of unbranched alkanes of at least 4 members (excludes halogenated alkanes) is 1. The molecular formula is C31H33NO5. The largest absolute Gasteiger partial charge is 0.465 e. The van der Waals surface area contributed by atoms with Gasteiger partial charge in [-0.3, -0.25) is 19.2 Å². The lowest BCUT2D eigenvalue weighted by Crippen LogP contribution is -2.16. The first-order valence-electron chi connectivity index (χ1n) is 12.6. The molecule has 6 heteroatoms. The molecule has 0 radical (unpaired) electrons. The topological polar surface area (TPSA) is 89.5 Å². The first-order chi connectivity index (χ1) is 17.9. The molecule has 3 aromatic carbocycles. The lowest BCUT2D eigenvalue weighted by Gasteiger charge is -2.12. The fourth-order valence-electron chi connectivity index (χ4n) is 3.88. The zero-order chi connectivity index (χ0) is 26.5. The van der Waals surface area contributed by atoms with Crippen molar-refractivity contribution in [2.45, 2.75) is 45.4 Å². The monoisotopic (exact) mass is 499 g/mol. The number of ether oxygens (including phenoxy) is 1. The maximum Gasteiger partial charge on any atom is 0.313 e. The Morgan fingerprint density at radius 3 is 1.89 bits per heavy atom. The summed E-state index contributed by atoms with van der Waals surface area (Å²) in [5, 5.41) is 2.77. The van der Waals surface area contributed by atoms with Gasteiger partial charge in [-0.2, -0.15) is 0 Å². The van der Waals surface area contributed by atoms with Crippen LogP contribution in [0.2, 0.25) is 0 Å². The molecule has 3 aromatic rings. The van der Waals surface area contributed by atoms with Crippen LogP contribution in [0.4, 0.5) is 5.69 Å². The van der Waals surface area contributed by atoms with Gasteiger partial charge in [-0.1, -0.05) is 86.1 Å². The summed E-state index contributed by atoms with van der Waals surface area (Å²) in [5.74, 6) is -1.05. The van der Waals surface area contributed by atoms with E-state index in [2.05, 4.69) is 5.32 Å². The third-order valence-electron chi connectivity index (χ3n) is 6.00. The summed E-state index contributed by atoms with van der Waals surface area (Å²) >= 11 is 0. The van der Waals surface area contributed by atoms with E-state index in [1.54, 1.807) is 48.5 Å². The van der Waals surface area contributed by atoms with E-state index < -0.39 is 5.97 Å². The first-order valence-corrected chi connectivity index (χ1v) is 12.6. The second kappa shape index (κ2) is 14.5. The van der Waals surface area contributed by atoms with E-state index in [9.17, 15) is 19.2 Å². The molecule has 0 saturated carbocycles. The normalized spacial score (nSPS) is 11.4. The molecule has 1 N–H and O–H groups in total. The Kier molecular flexibility index (Phi) is 10.8. The van der Waals surface area contributed by atoms with Crippen molar-refractivity contribution in [3.8, 4) is 0 Å². The maximum absolute atomic E-state index is 12.2. The van der Waals surface area contributed by atoms with E-state index in [1.807, 2.05) is 43.3 Å². The standard InChI is InChI=1S/C31H33NO5/c1-23(22-37-31(36)21-29(34)26-14-6-3-7-15-26)10-8-9-11-24-16-18-27(19-17-24)32-30(35)20-28(33)25-12-4-2-5-13-25/h2-7,12-19,23H,8-11,20-22H2,1H3,(H,32,35). The number of carbonyl (C=O) groups excluding carboxylic acids is 4. The van der Waals surface area contributed by atoms with Gasteiger partial charge in [0.05, 0.1) is 13.0 Å². The predicted octanol–water partition coefficient (Wildman–Crippen LogP) is 6.06. The third kappa shape index (κ3) is 9.84. The zero-order valence-electron chi connectivity index (χ0n) is 21.2. The fraction of sp³-hybridized carbons (Fsp3) is 0.290. The number of ketones is 2. The number of aryl methyl sites for hydroxylation is 1. The van der Waals surface area contributed by atoms with Crippen LogP contribution >= 0.6 is 0 Å².